The second kappa shape index (κ2) is 10.8. The third kappa shape index (κ3) is 5.75. The van der Waals surface area contributed by atoms with Gasteiger partial charge < -0.3 is 4.90 Å². The highest BCUT2D eigenvalue weighted by Crippen LogP contribution is 2.29. The molecule has 0 radical (unpaired) electrons. The minimum atomic E-state index is -3.78. The molecule has 0 unspecified atom stereocenters. The predicted octanol–water partition coefficient (Wildman–Crippen LogP) is 4.05. The summed E-state index contributed by atoms with van der Waals surface area (Å²) in [6.07, 6.45) is 0. The maximum absolute atomic E-state index is 13.1. The van der Waals surface area contributed by atoms with Crippen LogP contribution >= 0.6 is 15.9 Å². The number of rotatable bonds is 7. The van der Waals surface area contributed by atoms with Crippen LogP contribution < -0.4 is 4.72 Å². The molecule has 4 rings (SSSR count). The van der Waals surface area contributed by atoms with Crippen LogP contribution in [0.4, 0.5) is 0 Å². The van der Waals surface area contributed by atoms with Crippen molar-refractivity contribution in [2.75, 3.05) is 26.2 Å². The molecule has 0 aliphatic carbocycles. The average Bonchev–Trinajstić information content (AvgIpc) is 2.85. The van der Waals surface area contributed by atoms with Gasteiger partial charge in [0.2, 0.25) is 15.9 Å². The van der Waals surface area contributed by atoms with Gasteiger partial charge in [-0.25, -0.2) is 8.42 Å². The van der Waals surface area contributed by atoms with Crippen molar-refractivity contribution in [3.63, 3.8) is 0 Å². The summed E-state index contributed by atoms with van der Waals surface area (Å²) in [6.45, 7) is 4.08. The van der Waals surface area contributed by atoms with Gasteiger partial charge in [0, 0.05) is 30.7 Å². The van der Waals surface area contributed by atoms with Crippen molar-refractivity contribution in [1.82, 2.24) is 14.5 Å². The highest BCUT2D eigenvalue weighted by atomic mass is 79.9. The molecule has 0 aromatic heterocycles. The van der Waals surface area contributed by atoms with Crippen LogP contribution in [0.1, 0.15) is 24.1 Å². The van der Waals surface area contributed by atoms with Crippen LogP contribution in [0, 0.1) is 0 Å². The highest BCUT2D eigenvalue weighted by Gasteiger charge is 2.31. The Kier molecular flexibility index (Phi) is 7.83. The zero-order chi connectivity index (χ0) is 24.1. The maximum Gasteiger partial charge on any atom is 0.241 e. The number of halogens is 1. The Morgan fingerprint density at radius 2 is 1.32 bits per heavy atom. The van der Waals surface area contributed by atoms with Crippen LogP contribution in [-0.2, 0) is 14.8 Å². The standard InChI is InChI=1S/C26H28BrN3O3S/c1-20(28-34(32,33)24-14-12-23(27)13-15-24)26(31)30-18-16-29(17-19-30)25(21-8-4-2-5-9-21)22-10-6-3-7-11-22/h2-15,20,25,28H,16-19H2,1H3/t20-/m0/s1. The van der Waals surface area contributed by atoms with Crippen molar-refractivity contribution in [1.29, 1.82) is 0 Å². The average molecular weight is 542 g/mol. The fourth-order valence-corrected chi connectivity index (χ4v) is 5.79. The summed E-state index contributed by atoms with van der Waals surface area (Å²) in [5.74, 6) is -0.212. The molecular weight excluding hydrogens is 514 g/mol. The van der Waals surface area contributed by atoms with E-state index in [1.54, 1.807) is 24.0 Å². The van der Waals surface area contributed by atoms with Gasteiger partial charge in [-0.2, -0.15) is 4.72 Å². The third-order valence-corrected chi connectivity index (χ3v) is 8.13. The summed E-state index contributed by atoms with van der Waals surface area (Å²) >= 11 is 3.30. The molecule has 6 nitrogen and oxygen atoms in total. The molecule has 8 heteroatoms. The first kappa shape index (κ1) is 24.6. The number of nitrogens with one attached hydrogen (secondary N) is 1. The molecule has 1 N–H and O–H groups in total. The fraction of sp³-hybridized carbons (Fsp3) is 0.269. The van der Waals surface area contributed by atoms with E-state index >= 15 is 0 Å². The molecule has 1 heterocycles. The van der Waals surface area contributed by atoms with Crippen LogP contribution in [-0.4, -0.2) is 56.3 Å². The Labute approximate surface area is 209 Å². The van der Waals surface area contributed by atoms with Crippen molar-refractivity contribution in [2.45, 2.75) is 23.9 Å². The number of hydrogen-bond acceptors (Lipinski definition) is 4. The number of carbonyl (C=O) groups is 1. The van der Waals surface area contributed by atoms with E-state index in [0.29, 0.717) is 26.2 Å². The van der Waals surface area contributed by atoms with E-state index in [0.717, 1.165) is 4.47 Å². The van der Waals surface area contributed by atoms with Gasteiger partial charge in [-0.05, 0) is 42.3 Å². The van der Waals surface area contributed by atoms with E-state index in [9.17, 15) is 13.2 Å². The molecule has 3 aromatic carbocycles. The lowest BCUT2D eigenvalue weighted by molar-refractivity contribution is -0.134. The largest absolute Gasteiger partial charge is 0.339 e. The number of hydrogen-bond donors (Lipinski definition) is 1. The van der Waals surface area contributed by atoms with E-state index < -0.39 is 16.1 Å². The Balaban J connectivity index is 1.42. The van der Waals surface area contributed by atoms with Gasteiger partial charge >= 0.3 is 0 Å². The maximum atomic E-state index is 13.1. The van der Waals surface area contributed by atoms with Crippen LogP contribution in [0.3, 0.4) is 0 Å². The topological polar surface area (TPSA) is 69.7 Å². The second-order valence-corrected chi connectivity index (χ2v) is 11.0. The minimum absolute atomic E-state index is 0.105. The van der Waals surface area contributed by atoms with Crippen LogP contribution in [0.25, 0.3) is 0 Å². The van der Waals surface area contributed by atoms with Gasteiger partial charge in [-0.1, -0.05) is 76.6 Å². The Morgan fingerprint density at radius 1 is 0.824 bits per heavy atom. The lowest BCUT2D eigenvalue weighted by Crippen LogP contribution is -2.54. The quantitative estimate of drug-likeness (QED) is 0.489. The van der Waals surface area contributed by atoms with Crippen molar-refractivity contribution in [3.05, 3.63) is 101 Å². The first-order valence-electron chi connectivity index (χ1n) is 11.3. The zero-order valence-electron chi connectivity index (χ0n) is 19.0. The fourth-order valence-electron chi connectivity index (χ4n) is 4.32. The first-order chi connectivity index (χ1) is 16.3. The van der Waals surface area contributed by atoms with Gasteiger partial charge in [0.05, 0.1) is 17.0 Å². The molecule has 3 aromatic rings. The second-order valence-electron chi connectivity index (χ2n) is 8.38. The molecule has 1 saturated heterocycles. The molecule has 34 heavy (non-hydrogen) atoms. The number of nitrogens with zero attached hydrogens (tertiary/aromatic N) is 2. The van der Waals surface area contributed by atoms with Crippen molar-refractivity contribution >= 4 is 31.9 Å². The summed E-state index contributed by atoms with van der Waals surface area (Å²) in [5, 5.41) is 0. The molecule has 1 aliphatic rings. The molecule has 1 amide bonds. The van der Waals surface area contributed by atoms with E-state index in [4.69, 9.17) is 0 Å². The Bertz CT molecular complexity index is 1160. The minimum Gasteiger partial charge on any atom is -0.339 e. The lowest BCUT2D eigenvalue weighted by atomic mass is 9.96. The number of piperazine rings is 1. The van der Waals surface area contributed by atoms with Crippen LogP contribution in [0.5, 0.6) is 0 Å². The number of amides is 1. The molecule has 1 aliphatic heterocycles. The van der Waals surface area contributed by atoms with E-state index in [1.807, 2.05) is 36.4 Å². The van der Waals surface area contributed by atoms with Gasteiger partial charge in [-0.3, -0.25) is 9.69 Å². The predicted molar refractivity (Wildman–Crippen MR) is 137 cm³/mol. The van der Waals surface area contributed by atoms with Crippen LogP contribution in [0.2, 0.25) is 0 Å². The number of carbonyl (C=O) groups excluding carboxylic acids is 1. The first-order valence-corrected chi connectivity index (χ1v) is 13.5. The van der Waals surface area contributed by atoms with Gasteiger partial charge in [0.15, 0.2) is 0 Å². The van der Waals surface area contributed by atoms with Gasteiger partial charge in [-0.15, -0.1) is 0 Å². The van der Waals surface area contributed by atoms with Crippen LogP contribution in [0.15, 0.2) is 94.3 Å². The Morgan fingerprint density at radius 3 is 1.82 bits per heavy atom. The van der Waals surface area contributed by atoms with Gasteiger partial charge in [0.1, 0.15) is 0 Å². The molecule has 0 bridgehead atoms. The molecule has 1 fully saturated rings. The van der Waals surface area contributed by atoms with Crippen molar-refractivity contribution in [2.24, 2.45) is 0 Å². The summed E-state index contributed by atoms with van der Waals surface area (Å²) in [7, 11) is -3.78. The van der Waals surface area contributed by atoms with E-state index in [1.165, 1.54) is 23.3 Å². The lowest BCUT2D eigenvalue weighted by Gasteiger charge is -2.40. The number of sulfonamides is 1. The highest BCUT2D eigenvalue weighted by molar-refractivity contribution is 9.10. The summed E-state index contributed by atoms with van der Waals surface area (Å²) in [4.78, 5) is 17.3. The monoisotopic (exact) mass is 541 g/mol. The van der Waals surface area contributed by atoms with Crippen molar-refractivity contribution < 1.29 is 13.2 Å². The van der Waals surface area contributed by atoms with Crippen molar-refractivity contribution in [3.8, 4) is 0 Å². The molecular formula is C26H28BrN3O3S. The molecule has 1 atom stereocenters. The summed E-state index contributed by atoms with van der Waals surface area (Å²) in [6, 6.07) is 26.3. The molecule has 0 spiro atoms. The SMILES string of the molecule is C[C@H](NS(=O)(=O)c1ccc(Br)cc1)C(=O)N1CCN(C(c2ccccc2)c2ccccc2)CC1. The summed E-state index contributed by atoms with van der Waals surface area (Å²) < 4.78 is 28.7. The normalized spacial score (nSPS) is 15.9. The van der Waals surface area contributed by atoms with E-state index in [-0.39, 0.29) is 16.8 Å². The smallest absolute Gasteiger partial charge is 0.241 e. The summed E-state index contributed by atoms with van der Waals surface area (Å²) in [5.41, 5.74) is 2.42. The molecule has 0 saturated carbocycles. The molecule has 178 valence electrons. The third-order valence-electron chi connectivity index (χ3n) is 6.05. The number of benzene rings is 3. The Hall–Kier alpha value is -2.52. The van der Waals surface area contributed by atoms with Gasteiger partial charge in [0.25, 0.3) is 0 Å². The zero-order valence-corrected chi connectivity index (χ0v) is 21.4. The van der Waals surface area contributed by atoms with E-state index in [2.05, 4.69) is 49.8 Å².